The number of fused-ring (bicyclic) bond motifs is 1. The minimum absolute atomic E-state index is 0.0217. The summed E-state index contributed by atoms with van der Waals surface area (Å²) in [4.78, 5) is 13.0. The third-order valence-corrected chi connectivity index (χ3v) is 7.78. The lowest BCUT2D eigenvalue weighted by atomic mass is 9.82. The maximum Gasteiger partial charge on any atom is 0.254 e. The summed E-state index contributed by atoms with van der Waals surface area (Å²) in [7, 11) is 4.06. The first-order chi connectivity index (χ1) is 15.4. The second-order valence-electron chi connectivity index (χ2n) is 9.63. The third kappa shape index (κ3) is 5.48. The van der Waals surface area contributed by atoms with Gasteiger partial charge in [0.15, 0.2) is 0 Å². The second-order valence-corrected chi connectivity index (χ2v) is 10.8. The summed E-state index contributed by atoms with van der Waals surface area (Å²) in [6.45, 7) is 4.64. The Labute approximate surface area is 196 Å². The first kappa shape index (κ1) is 23.6. The summed E-state index contributed by atoms with van der Waals surface area (Å²) in [5.74, 6) is 0.641. The first-order valence-electron chi connectivity index (χ1n) is 11.9. The second kappa shape index (κ2) is 10.6. The van der Waals surface area contributed by atoms with Crippen molar-refractivity contribution < 1.29 is 4.74 Å². The molecule has 0 amide bonds. The minimum atomic E-state index is 0.0217. The highest BCUT2D eigenvalue weighted by molar-refractivity contribution is 7.95. The minimum Gasteiger partial charge on any atom is -0.376 e. The van der Waals surface area contributed by atoms with Crippen molar-refractivity contribution in [2.45, 2.75) is 76.5 Å². The molecule has 1 aromatic carbocycles. The molecule has 1 N–H and O–H groups in total. The van der Waals surface area contributed by atoms with Crippen molar-refractivity contribution in [3.63, 3.8) is 0 Å². The SMILES string of the molecule is Cc1ccc(C2CCC(OCC3C(NSN(C)C)CCc4ccc(C)c(=O)n43)CC2)cc1. The summed E-state index contributed by atoms with van der Waals surface area (Å²) in [6.07, 6.45) is 6.73. The molecule has 5 nitrogen and oxygen atoms in total. The number of rotatable bonds is 7. The molecule has 1 aromatic heterocycles. The Bertz CT molecular complexity index is 949. The number of pyridine rings is 1. The number of nitrogens with one attached hydrogen (secondary N) is 1. The lowest BCUT2D eigenvalue weighted by Gasteiger charge is -2.37. The Hall–Kier alpha value is -1.60. The molecule has 0 radical (unpaired) electrons. The summed E-state index contributed by atoms with van der Waals surface area (Å²) in [5, 5.41) is 0. The highest BCUT2D eigenvalue weighted by atomic mass is 32.2. The molecule has 2 atom stereocenters. The molecule has 1 aliphatic carbocycles. The van der Waals surface area contributed by atoms with E-state index >= 15 is 0 Å². The average Bonchev–Trinajstić information content (AvgIpc) is 2.79. The molecular weight excluding hydrogens is 418 g/mol. The number of aryl methyl sites for hydroxylation is 3. The summed E-state index contributed by atoms with van der Waals surface area (Å²) in [5.41, 5.74) is 4.84. The van der Waals surface area contributed by atoms with Crippen LogP contribution in [0.25, 0.3) is 0 Å². The van der Waals surface area contributed by atoms with Crippen LogP contribution >= 0.6 is 12.1 Å². The van der Waals surface area contributed by atoms with E-state index in [2.05, 4.69) is 46.3 Å². The normalized spacial score (nSPS) is 25.7. The molecule has 6 heteroatoms. The molecule has 32 heavy (non-hydrogen) atoms. The topological polar surface area (TPSA) is 46.5 Å². The Morgan fingerprint density at radius 1 is 1.03 bits per heavy atom. The lowest BCUT2D eigenvalue weighted by Crippen LogP contribution is -2.47. The highest BCUT2D eigenvalue weighted by Crippen LogP contribution is 2.35. The summed E-state index contributed by atoms with van der Waals surface area (Å²) in [6, 6.07) is 13.3. The quantitative estimate of drug-likeness (QED) is 0.609. The number of nitrogens with zero attached hydrogens (tertiary/aromatic N) is 2. The van der Waals surface area contributed by atoms with Crippen molar-refractivity contribution in [1.29, 1.82) is 0 Å². The molecular formula is C26H37N3O2S. The fraction of sp³-hybridized carbons (Fsp3) is 0.577. The average molecular weight is 456 g/mol. The Balaban J connectivity index is 1.42. The van der Waals surface area contributed by atoms with Gasteiger partial charge in [-0.1, -0.05) is 35.9 Å². The van der Waals surface area contributed by atoms with E-state index in [-0.39, 0.29) is 23.7 Å². The number of hydrogen-bond donors (Lipinski definition) is 1. The van der Waals surface area contributed by atoms with Crippen LogP contribution in [0.1, 0.15) is 66.4 Å². The highest BCUT2D eigenvalue weighted by Gasteiger charge is 2.32. The molecule has 2 aromatic rings. The maximum atomic E-state index is 13.0. The molecule has 174 valence electrons. The monoisotopic (exact) mass is 455 g/mol. The van der Waals surface area contributed by atoms with Crippen LogP contribution in [0.4, 0.5) is 0 Å². The van der Waals surface area contributed by atoms with Gasteiger partial charge in [0.1, 0.15) is 0 Å². The van der Waals surface area contributed by atoms with Gasteiger partial charge in [0.05, 0.1) is 18.8 Å². The van der Waals surface area contributed by atoms with Crippen molar-refractivity contribution in [2.75, 3.05) is 20.7 Å². The number of ether oxygens (including phenoxy) is 1. The van der Waals surface area contributed by atoms with E-state index in [0.717, 1.165) is 36.9 Å². The Kier molecular flexibility index (Phi) is 7.77. The van der Waals surface area contributed by atoms with Crippen molar-refractivity contribution in [3.05, 3.63) is 69.1 Å². The Morgan fingerprint density at radius 2 is 1.75 bits per heavy atom. The van der Waals surface area contributed by atoms with Crippen LogP contribution in [0.5, 0.6) is 0 Å². The van der Waals surface area contributed by atoms with Gasteiger partial charge in [-0.15, -0.1) is 0 Å². The number of aromatic nitrogens is 1. The van der Waals surface area contributed by atoms with E-state index in [1.165, 1.54) is 24.0 Å². The number of hydrogen-bond acceptors (Lipinski definition) is 5. The van der Waals surface area contributed by atoms with E-state index in [1.54, 1.807) is 12.1 Å². The predicted octanol–water partition coefficient (Wildman–Crippen LogP) is 4.78. The first-order valence-corrected chi connectivity index (χ1v) is 12.7. The predicted molar refractivity (Wildman–Crippen MR) is 133 cm³/mol. The maximum absolute atomic E-state index is 13.0. The summed E-state index contributed by atoms with van der Waals surface area (Å²) >= 11 is 1.60. The molecule has 0 saturated heterocycles. The smallest absolute Gasteiger partial charge is 0.254 e. The fourth-order valence-corrected chi connectivity index (χ4v) is 5.69. The van der Waals surface area contributed by atoms with Crippen molar-refractivity contribution >= 4 is 12.1 Å². The zero-order valence-corrected chi connectivity index (χ0v) is 20.7. The van der Waals surface area contributed by atoms with E-state index in [9.17, 15) is 4.79 Å². The molecule has 0 spiro atoms. The molecule has 2 unspecified atom stereocenters. The lowest BCUT2D eigenvalue weighted by molar-refractivity contribution is -0.00157. The zero-order valence-electron chi connectivity index (χ0n) is 19.8. The van der Waals surface area contributed by atoms with Gasteiger partial charge in [-0.25, -0.2) is 9.03 Å². The van der Waals surface area contributed by atoms with Gasteiger partial charge in [-0.05, 0) is 84.0 Å². The molecule has 1 fully saturated rings. The largest absolute Gasteiger partial charge is 0.376 e. The van der Waals surface area contributed by atoms with Gasteiger partial charge in [-0.2, -0.15) is 0 Å². The van der Waals surface area contributed by atoms with E-state index in [4.69, 9.17) is 4.74 Å². The van der Waals surface area contributed by atoms with Crippen LogP contribution in [-0.4, -0.2) is 41.7 Å². The van der Waals surface area contributed by atoms with Gasteiger partial charge in [0, 0.05) is 29.4 Å². The van der Waals surface area contributed by atoms with Gasteiger partial charge in [-0.3, -0.25) is 4.79 Å². The molecule has 2 heterocycles. The van der Waals surface area contributed by atoms with E-state index in [0.29, 0.717) is 12.5 Å². The van der Waals surface area contributed by atoms with Crippen LogP contribution < -0.4 is 10.3 Å². The summed E-state index contributed by atoms with van der Waals surface area (Å²) < 4.78 is 14.1. The van der Waals surface area contributed by atoms with Gasteiger partial charge >= 0.3 is 0 Å². The van der Waals surface area contributed by atoms with E-state index < -0.39 is 0 Å². The van der Waals surface area contributed by atoms with Crippen LogP contribution in [0.3, 0.4) is 0 Å². The van der Waals surface area contributed by atoms with Gasteiger partial charge < -0.3 is 9.30 Å². The van der Waals surface area contributed by atoms with Crippen molar-refractivity contribution in [3.8, 4) is 0 Å². The van der Waals surface area contributed by atoms with Crippen LogP contribution in [0.2, 0.25) is 0 Å². The third-order valence-electron chi connectivity index (χ3n) is 7.01. The molecule has 4 rings (SSSR count). The van der Waals surface area contributed by atoms with Crippen LogP contribution in [0, 0.1) is 13.8 Å². The fourth-order valence-electron chi connectivity index (χ4n) is 5.07. The van der Waals surface area contributed by atoms with Gasteiger partial charge in [0.25, 0.3) is 5.56 Å². The van der Waals surface area contributed by atoms with Crippen LogP contribution in [-0.2, 0) is 11.2 Å². The number of benzene rings is 1. The van der Waals surface area contributed by atoms with Crippen molar-refractivity contribution in [2.24, 2.45) is 0 Å². The Morgan fingerprint density at radius 3 is 2.44 bits per heavy atom. The van der Waals surface area contributed by atoms with Crippen molar-refractivity contribution in [1.82, 2.24) is 13.6 Å². The molecule has 1 saturated carbocycles. The van der Waals surface area contributed by atoms with Gasteiger partial charge in [0.2, 0.25) is 0 Å². The molecule has 1 aliphatic heterocycles. The van der Waals surface area contributed by atoms with Crippen LogP contribution in [0.15, 0.2) is 41.2 Å². The molecule has 2 aliphatic rings. The van der Waals surface area contributed by atoms with E-state index in [1.807, 2.05) is 31.7 Å². The standard InChI is InChI=1S/C26H37N3O2S/c1-18-5-8-20(9-6-18)21-10-14-23(15-11-21)31-17-25-24(27-32-28(3)4)16-13-22-12-7-19(2)26(30)29(22)25/h5-9,12,21,23-25,27H,10-11,13-17H2,1-4H3. The molecule has 0 bridgehead atoms. The zero-order chi connectivity index (χ0) is 22.7.